The van der Waals surface area contributed by atoms with Gasteiger partial charge in [-0.15, -0.1) is 0 Å². The molecule has 1 fully saturated rings. The predicted molar refractivity (Wildman–Crippen MR) is 131 cm³/mol. The van der Waals surface area contributed by atoms with Gasteiger partial charge in [-0.3, -0.25) is 9.48 Å². The van der Waals surface area contributed by atoms with E-state index in [4.69, 9.17) is 9.47 Å². The third-order valence-corrected chi connectivity index (χ3v) is 5.76. The molecule has 1 amide bonds. The van der Waals surface area contributed by atoms with Crippen molar-refractivity contribution in [2.75, 3.05) is 50.6 Å². The average Bonchev–Trinajstić information content (AvgIpc) is 3.51. The lowest BCUT2D eigenvalue weighted by Gasteiger charge is -2.17. The van der Waals surface area contributed by atoms with Gasteiger partial charge in [0, 0.05) is 50.6 Å². The van der Waals surface area contributed by atoms with Crippen molar-refractivity contribution < 1.29 is 14.3 Å². The van der Waals surface area contributed by atoms with Gasteiger partial charge in [0.2, 0.25) is 5.95 Å². The lowest BCUT2D eigenvalue weighted by molar-refractivity contribution is 0.0945. The number of nitrogens with one attached hydrogen (secondary N) is 2. The first-order valence-electron chi connectivity index (χ1n) is 11.4. The number of carbonyl (C=O) groups is 1. The van der Waals surface area contributed by atoms with Gasteiger partial charge in [0.05, 0.1) is 19.9 Å². The number of rotatable bonds is 9. The Balaban J connectivity index is 1.37. The summed E-state index contributed by atoms with van der Waals surface area (Å²) in [6.45, 7) is 4.94. The summed E-state index contributed by atoms with van der Waals surface area (Å²) in [7, 11) is 4.94. The van der Waals surface area contributed by atoms with Gasteiger partial charge < -0.3 is 25.0 Å². The van der Waals surface area contributed by atoms with E-state index in [0.717, 1.165) is 30.2 Å². The molecular weight excluding hydrogens is 434 g/mol. The topological polar surface area (TPSA) is 106 Å². The number of methoxy groups -OCH3 is 2. The maximum absolute atomic E-state index is 12.8. The van der Waals surface area contributed by atoms with Crippen LogP contribution in [0.4, 0.5) is 11.8 Å². The molecule has 0 bridgehead atoms. The molecule has 10 heteroatoms. The van der Waals surface area contributed by atoms with Crippen LogP contribution in [-0.4, -0.2) is 66.1 Å². The molecule has 10 nitrogen and oxygen atoms in total. The molecule has 4 rings (SSSR count). The standard InChI is InChI=1S/C24H31N7O3/c1-16-13-22(31-11-5-6-12-31)28-24(27-16)26-10-9-25-23(32)20-15-19(29-30(20)2)18-14-17(33-3)7-8-21(18)34-4/h7-8,13-15H,5-6,9-12H2,1-4H3,(H,25,32)(H,26,27,28). The van der Waals surface area contributed by atoms with Crippen molar-refractivity contribution in [1.29, 1.82) is 0 Å². The molecule has 2 N–H and O–H groups in total. The molecular formula is C24H31N7O3. The van der Waals surface area contributed by atoms with E-state index in [-0.39, 0.29) is 5.91 Å². The number of benzene rings is 1. The molecule has 0 atom stereocenters. The second kappa shape index (κ2) is 10.4. The summed E-state index contributed by atoms with van der Waals surface area (Å²) < 4.78 is 12.3. The smallest absolute Gasteiger partial charge is 0.269 e. The number of anilines is 2. The largest absolute Gasteiger partial charge is 0.497 e. The minimum atomic E-state index is -0.215. The van der Waals surface area contributed by atoms with E-state index in [2.05, 4.69) is 30.6 Å². The minimum Gasteiger partial charge on any atom is -0.497 e. The Labute approximate surface area is 199 Å². The molecule has 1 aromatic carbocycles. The first-order chi connectivity index (χ1) is 16.5. The predicted octanol–water partition coefficient (Wildman–Crippen LogP) is 2.64. The number of amides is 1. The highest BCUT2D eigenvalue weighted by atomic mass is 16.5. The molecule has 180 valence electrons. The van der Waals surface area contributed by atoms with E-state index in [0.29, 0.717) is 41.9 Å². The molecule has 2 aromatic heterocycles. The summed E-state index contributed by atoms with van der Waals surface area (Å²) in [5.74, 6) is 2.65. The van der Waals surface area contributed by atoms with Crippen molar-refractivity contribution >= 4 is 17.7 Å². The van der Waals surface area contributed by atoms with Crippen molar-refractivity contribution in [3.05, 3.63) is 41.7 Å². The van der Waals surface area contributed by atoms with E-state index >= 15 is 0 Å². The second-order valence-corrected chi connectivity index (χ2v) is 8.17. The van der Waals surface area contributed by atoms with Crippen LogP contribution in [0.15, 0.2) is 30.3 Å². The van der Waals surface area contributed by atoms with Gasteiger partial charge in [-0.05, 0) is 44.0 Å². The van der Waals surface area contributed by atoms with Gasteiger partial charge in [-0.1, -0.05) is 0 Å². The maximum atomic E-state index is 12.8. The monoisotopic (exact) mass is 465 g/mol. The number of nitrogens with zero attached hydrogens (tertiary/aromatic N) is 5. The van der Waals surface area contributed by atoms with Crippen molar-refractivity contribution in [2.24, 2.45) is 7.05 Å². The molecule has 1 saturated heterocycles. The van der Waals surface area contributed by atoms with Crippen LogP contribution in [0, 0.1) is 6.92 Å². The Hall–Kier alpha value is -3.82. The summed E-state index contributed by atoms with van der Waals surface area (Å²) in [5, 5.41) is 10.6. The number of hydrogen-bond donors (Lipinski definition) is 2. The zero-order chi connectivity index (χ0) is 24.1. The van der Waals surface area contributed by atoms with Crippen LogP contribution in [0.2, 0.25) is 0 Å². The van der Waals surface area contributed by atoms with Crippen molar-refractivity contribution in [3.8, 4) is 22.8 Å². The third kappa shape index (κ3) is 5.22. The minimum absolute atomic E-state index is 0.215. The lowest BCUT2D eigenvalue weighted by Crippen LogP contribution is -2.30. The van der Waals surface area contributed by atoms with Crippen LogP contribution in [0.25, 0.3) is 11.3 Å². The second-order valence-electron chi connectivity index (χ2n) is 8.17. The Morgan fingerprint density at radius 1 is 1.06 bits per heavy atom. The number of aromatic nitrogens is 4. The Morgan fingerprint density at radius 2 is 1.85 bits per heavy atom. The summed E-state index contributed by atoms with van der Waals surface area (Å²) in [6, 6.07) is 9.22. The molecule has 0 aliphatic carbocycles. The lowest BCUT2D eigenvalue weighted by atomic mass is 10.1. The van der Waals surface area contributed by atoms with E-state index in [1.54, 1.807) is 32.0 Å². The van der Waals surface area contributed by atoms with E-state index in [9.17, 15) is 4.79 Å². The van der Waals surface area contributed by atoms with Crippen molar-refractivity contribution in [2.45, 2.75) is 19.8 Å². The van der Waals surface area contributed by atoms with Gasteiger partial charge in [-0.2, -0.15) is 10.1 Å². The number of aryl methyl sites for hydroxylation is 2. The van der Waals surface area contributed by atoms with Crippen LogP contribution in [0.3, 0.4) is 0 Å². The van der Waals surface area contributed by atoms with Crippen LogP contribution < -0.4 is 25.0 Å². The SMILES string of the molecule is COc1ccc(OC)c(-c2cc(C(=O)NCCNc3nc(C)cc(N4CCCC4)n3)n(C)n2)c1. The number of hydrogen-bond acceptors (Lipinski definition) is 8. The quantitative estimate of drug-likeness (QED) is 0.465. The zero-order valence-corrected chi connectivity index (χ0v) is 20.1. The van der Waals surface area contributed by atoms with Gasteiger partial charge >= 0.3 is 0 Å². The van der Waals surface area contributed by atoms with Gasteiger partial charge in [0.25, 0.3) is 5.91 Å². The molecule has 1 aliphatic heterocycles. The Bertz CT molecular complexity index is 1160. The number of carbonyl (C=O) groups excluding carboxylic acids is 1. The van der Waals surface area contributed by atoms with Crippen LogP contribution >= 0.6 is 0 Å². The van der Waals surface area contributed by atoms with E-state index in [1.165, 1.54) is 12.8 Å². The van der Waals surface area contributed by atoms with Crippen molar-refractivity contribution in [1.82, 2.24) is 25.1 Å². The van der Waals surface area contributed by atoms with Crippen LogP contribution in [0.5, 0.6) is 11.5 Å². The number of ether oxygens (including phenoxy) is 2. The highest BCUT2D eigenvalue weighted by Crippen LogP contribution is 2.32. The fourth-order valence-electron chi connectivity index (χ4n) is 4.01. The molecule has 0 spiro atoms. The molecule has 0 saturated carbocycles. The van der Waals surface area contributed by atoms with Gasteiger partial charge in [0.15, 0.2) is 0 Å². The van der Waals surface area contributed by atoms with Crippen LogP contribution in [-0.2, 0) is 7.05 Å². The maximum Gasteiger partial charge on any atom is 0.269 e. The fourth-order valence-corrected chi connectivity index (χ4v) is 4.01. The zero-order valence-electron chi connectivity index (χ0n) is 20.1. The Morgan fingerprint density at radius 3 is 2.59 bits per heavy atom. The van der Waals surface area contributed by atoms with E-state index in [1.807, 2.05) is 31.2 Å². The molecule has 0 unspecified atom stereocenters. The molecule has 3 heterocycles. The molecule has 3 aromatic rings. The van der Waals surface area contributed by atoms with Gasteiger partial charge in [0.1, 0.15) is 23.0 Å². The van der Waals surface area contributed by atoms with Crippen molar-refractivity contribution in [3.63, 3.8) is 0 Å². The summed E-state index contributed by atoms with van der Waals surface area (Å²) in [4.78, 5) is 24.2. The first-order valence-corrected chi connectivity index (χ1v) is 11.4. The molecule has 34 heavy (non-hydrogen) atoms. The van der Waals surface area contributed by atoms with E-state index < -0.39 is 0 Å². The highest BCUT2D eigenvalue weighted by molar-refractivity contribution is 5.94. The fraction of sp³-hybridized carbons (Fsp3) is 0.417. The average molecular weight is 466 g/mol. The molecule has 1 aliphatic rings. The summed E-state index contributed by atoms with van der Waals surface area (Å²) >= 11 is 0. The van der Waals surface area contributed by atoms with Crippen LogP contribution in [0.1, 0.15) is 29.0 Å². The third-order valence-electron chi connectivity index (χ3n) is 5.76. The normalized spacial score (nSPS) is 13.1. The summed E-state index contributed by atoms with van der Waals surface area (Å²) in [6.07, 6.45) is 2.39. The highest BCUT2D eigenvalue weighted by Gasteiger charge is 2.18. The first kappa shape index (κ1) is 23.3. The van der Waals surface area contributed by atoms with Gasteiger partial charge in [-0.25, -0.2) is 4.98 Å². The Kier molecular flexibility index (Phi) is 7.15. The summed E-state index contributed by atoms with van der Waals surface area (Å²) in [5.41, 5.74) is 2.74. The molecule has 0 radical (unpaired) electrons.